The monoisotopic (exact) mass is 315 g/mol. The van der Waals surface area contributed by atoms with Crippen LogP contribution in [-0.4, -0.2) is 37.2 Å². The van der Waals surface area contributed by atoms with Crippen molar-refractivity contribution in [1.29, 1.82) is 0 Å². The number of nitrogens with zero attached hydrogens (tertiary/aromatic N) is 3. The van der Waals surface area contributed by atoms with E-state index in [0.717, 1.165) is 11.4 Å². The minimum absolute atomic E-state index is 0.311. The summed E-state index contributed by atoms with van der Waals surface area (Å²) in [5.74, 6) is 1.22. The van der Waals surface area contributed by atoms with Gasteiger partial charge in [0.2, 0.25) is 5.95 Å². The van der Waals surface area contributed by atoms with Crippen LogP contribution in [0.4, 0.5) is 16.4 Å². The van der Waals surface area contributed by atoms with Gasteiger partial charge in [-0.25, -0.2) is 14.8 Å². The standard InChI is InChI=1S/C16H21N5O2/c1-11-9-12(19-15(18-11)21(2)3)10-17-16(22)20-13-7-5-6-8-14(13)23-4/h5-9H,10H2,1-4H3,(H2,17,20,22). The van der Waals surface area contributed by atoms with E-state index in [4.69, 9.17) is 4.74 Å². The summed E-state index contributed by atoms with van der Waals surface area (Å²) in [7, 11) is 5.31. The number of rotatable bonds is 5. The Labute approximate surface area is 135 Å². The number of anilines is 2. The van der Waals surface area contributed by atoms with Crippen molar-refractivity contribution in [2.75, 3.05) is 31.4 Å². The second-order valence-corrected chi connectivity index (χ2v) is 5.20. The van der Waals surface area contributed by atoms with Gasteiger partial charge >= 0.3 is 6.03 Å². The molecule has 0 saturated heterocycles. The first-order valence-corrected chi connectivity index (χ1v) is 7.19. The number of carbonyl (C=O) groups is 1. The molecule has 7 heteroatoms. The van der Waals surface area contributed by atoms with Crippen LogP contribution in [0.3, 0.4) is 0 Å². The first-order chi connectivity index (χ1) is 11.0. The third kappa shape index (κ3) is 4.57. The van der Waals surface area contributed by atoms with Crippen molar-refractivity contribution < 1.29 is 9.53 Å². The van der Waals surface area contributed by atoms with Crippen molar-refractivity contribution in [2.45, 2.75) is 13.5 Å². The number of benzene rings is 1. The quantitative estimate of drug-likeness (QED) is 0.884. The van der Waals surface area contributed by atoms with Gasteiger partial charge < -0.3 is 20.3 Å². The molecule has 0 unspecified atom stereocenters. The lowest BCUT2D eigenvalue weighted by Gasteiger charge is -2.13. The van der Waals surface area contributed by atoms with E-state index in [-0.39, 0.29) is 6.03 Å². The second kappa shape index (κ2) is 7.44. The Bertz CT molecular complexity index is 688. The number of methoxy groups -OCH3 is 1. The summed E-state index contributed by atoms with van der Waals surface area (Å²) >= 11 is 0. The number of ether oxygens (including phenoxy) is 1. The average molecular weight is 315 g/mol. The minimum atomic E-state index is -0.322. The molecule has 0 aliphatic rings. The van der Waals surface area contributed by atoms with Crippen LogP contribution in [0.1, 0.15) is 11.4 Å². The predicted molar refractivity (Wildman–Crippen MR) is 89.9 cm³/mol. The molecule has 2 aromatic rings. The van der Waals surface area contributed by atoms with Crippen LogP contribution in [0.15, 0.2) is 30.3 Å². The van der Waals surface area contributed by atoms with Gasteiger partial charge in [-0.2, -0.15) is 0 Å². The maximum absolute atomic E-state index is 12.0. The Balaban J connectivity index is 1.99. The SMILES string of the molecule is COc1ccccc1NC(=O)NCc1cc(C)nc(N(C)C)n1. The summed E-state index contributed by atoms with van der Waals surface area (Å²) in [5, 5.41) is 5.53. The number of hydrogen-bond donors (Lipinski definition) is 2. The van der Waals surface area contributed by atoms with E-state index >= 15 is 0 Å². The summed E-state index contributed by atoms with van der Waals surface area (Å²) in [6, 6.07) is 8.75. The van der Waals surface area contributed by atoms with E-state index < -0.39 is 0 Å². The number of aryl methyl sites for hydroxylation is 1. The molecule has 0 aliphatic heterocycles. The zero-order valence-corrected chi connectivity index (χ0v) is 13.8. The van der Waals surface area contributed by atoms with E-state index in [0.29, 0.717) is 23.9 Å². The second-order valence-electron chi connectivity index (χ2n) is 5.20. The Morgan fingerprint density at radius 2 is 2.00 bits per heavy atom. The molecule has 0 bridgehead atoms. The molecule has 0 spiro atoms. The molecule has 1 aromatic carbocycles. The van der Waals surface area contributed by atoms with E-state index in [9.17, 15) is 4.79 Å². The lowest BCUT2D eigenvalue weighted by atomic mass is 10.3. The lowest BCUT2D eigenvalue weighted by molar-refractivity contribution is 0.251. The first-order valence-electron chi connectivity index (χ1n) is 7.19. The Morgan fingerprint density at radius 1 is 1.26 bits per heavy atom. The number of carbonyl (C=O) groups excluding carboxylic acids is 1. The molecular weight excluding hydrogens is 294 g/mol. The zero-order chi connectivity index (χ0) is 16.8. The van der Waals surface area contributed by atoms with Crippen LogP contribution >= 0.6 is 0 Å². The largest absolute Gasteiger partial charge is 0.495 e. The Hall–Kier alpha value is -2.83. The molecule has 0 fully saturated rings. The van der Waals surface area contributed by atoms with Gasteiger partial charge in [0.15, 0.2) is 0 Å². The number of urea groups is 1. The van der Waals surface area contributed by atoms with Gasteiger partial charge in [0.05, 0.1) is 25.0 Å². The van der Waals surface area contributed by atoms with Crippen molar-refractivity contribution in [3.8, 4) is 5.75 Å². The van der Waals surface area contributed by atoms with Gasteiger partial charge in [0.25, 0.3) is 0 Å². The maximum atomic E-state index is 12.0. The Kier molecular flexibility index (Phi) is 5.35. The summed E-state index contributed by atoms with van der Waals surface area (Å²) in [6.45, 7) is 2.21. The van der Waals surface area contributed by atoms with Gasteiger partial charge in [-0.15, -0.1) is 0 Å². The molecule has 23 heavy (non-hydrogen) atoms. The van der Waals surface area contributed by atoms with Crippen molar-refractivity contribution in [3.63, 3.8) is 0 Å². The van der Waals surface area contributed by atoms with Crippen molar-refractivity contribution in [2.24, 2.45) is 0 Å². The highest BCUT2D eigenvalue weighted by atomic mass is 16.5. The van der Waals surface area contributed by atoms with Gasteiger partial charge in [0, 0.05) is 19.8 Å². The van der Waals surface area contributed by atoms with Crippen LogP contribution in [0.25, 0.3) is 0 Å². The molecule has 1 aromatic heterocycles. The van der Waals surface area contributed by atoms with E-state index in [1.54, 1.807) is 19.2 Å². The number of nitrogens with one attached hydrogen (secondary N) is 2. The molecule has 1 heterocycles. The molecule has 0 saturated carbocycles. The number of hydrogen-bond acceptors (Lipinski definition) is 5. The lowest BCUT2D eigenvalue weighted by Crippen LogP contribution is -2.29. The fourth-order valence-corrected chi connectivity index (χ4v) is 1.99. The smallest absolute Gasteiger partial charge is 0.319 e. The Morgan fingerprint density at radius 3 is 2.70 bits per heavy atom. The minimum Gasteiger partial charge on any atom is -0.495 e. The molecule has 2 N–H and O–H groups in total. The topological polar surface area (TPSA) is 79.4 Å². The van der Waals surface area contributed by atoms with Gasteiger partial charge in [0.1, 0.15) is 5.75 Å². The van der Waals surface area contributed by atoms with Crippen LogP contribution in [0.5, 0.6) is 5.75 Å². The molecular formula is C16H21N5O2. The van der Waals surface area contributed by atoms with E-state index in [2.05, 4.69) is 20.6 Å². The summed E-state index contributed by atoms with van der Waals surface area (Å²) in [5.41, 5.74) is 2.21. The van der Waals surface area contributed by atoms with Crippen molar-refractivity contribution in [3.05, 3.63) is 41.7 Å². The normalized spacial score (nSPS) is 10.1. The van der Waals surface area contributed by atoms with Gasteiger partial charge in [-0.1, -0.05) is 12.1 Å². The molecule has 2 rings (SSSR count). The van der Waals surface area contributed by atoms with Crippen molar-refractivity contribution >= 4 is 17.7 Å². The fourth-order valence-electron chi connectivity index (χ4n) is 1.99. The van der Waals surface area contributed by atoms with E-state index in [1.807, 2.05) is 44.1 Å². The summed E-state index contributed by atoms with van der Waals surface area (Å²) in [4.78, 5) is 22.6. The highest BCUT2D eigenvalue weighted by molar-refractivity contribution is 5.90. The highest BCUT2D eigenvalue weighted by Gasteiger charge is 2.08. The predicted octanol–water partition coefficient (Wildman–Crippen LogP) is 2.18. The highest BCUT2D eigenvalue weighted by Crippen LogP contribution is 2.22. The first kappa shape index (κ1) is 16.5. The third-order valence-corrected chi connectivity index (χ3v) is 3.08. The van der Waals surface area contributed by atoms with Crippen LogP contribution < -0.4 is 20.3 Å². The molecule has 0 aliphatic carbocycles. The summed E-state index contributed by atoms with van der Waals surface area (Å²) < 4.78 is 5.20. The fraction of sp³-hybridized carbons (Fsp3) is 0.312. The third-order valence-electron chi connectivity index (χ3n) is 3.08. The summed E-state index contributed by atoms with van der Waals surface area (Å²) in [6.07, 6.45) is 0. The van der Waals surface area contributed by atoms with Crippen molar-refractivity contribution in [1.82, 2.24) is 15.3 Å². The van der Waals surface area contributed by atoms with Gasteiger partial charge in [-0.3, -0.25) is 0 Å². The van der Waals surface area contributed by atoms with E-state index in [1.165, 1.54) is 0 Å². The molecule has 7 nitrogen and oxygen atoms in total. The molecule has 2 amide bonds. The van der Waals surface area contributed by atoms with Crippen LogP contribution in [-0.2, 0) is 6.54 Å². The number of amides is 2. The maximum Gasteiger partial charge on any atom is 0.319 e. The van der Waals surface area contributed by atoms with Crippen LogP contribution in [0, 0.1) is 6.92 Å². The molecule has 122 valence electrons. The average Bonchev–Trinajstić information content (AvgIpc) is 2.53. The number of para-hydroxylation sites is 2. The van der Waals surface area contributed by atoms with Crippen LogP contribution in [0.2, 0.25) is 0 Å². The number of aromatic nitrogens is 2. The molecule has 0 radical (unpaired) electrons. The van der Waals surface area contributed by atoms with Gasteiger partial charge in [-0.05, 0) is 25.1 Å². The zero-order valence-electron chi connectivity index (χ0n) is 13.8. The molecule has 0 atom stereocenters.